The van der Waals surface area contributed by atoms with Gasteiger partial charge in [-0.3, -0.25) is 0 Å². The van der Waals surface area contributed by atoms with Gasteiger partial charge in [0.25, 0.3) is 0 Å². The molecule has 100 valence electrons. The number of hydrogen-bond acceptors (Lipinski definition) is 4. The maximum Gasteiger partial charge on any atom is 0.232 e. The first-order valence-corrected chi connectivity index (χ1v) is 6.53. The maximum atomic E-state index is 5.64. The second-order valence-corrected chi connectivity index (χ2v) is 4.78. The molecule has 2 heterocycles. The van der Waals surface area contributed by atoms with Crippen LogP contribution in [-0.2, 0) is 11.3 Å². The van der Waals surface area contributed by atoms with Crippen LogP contribution < -0.4 is 4.74 Å². The highest BCUT2D eigenvalue weighted by Crippen LogP contribution is 2.26. The minimum absolute atomic E-state index is 0.361. The van der Waals surface area contributed by atoms with E-state index in [9.17, 15) is 0 Å². The summed E-state index contributed by atoms with van der Waals surface area (Å²) in [6.07, 6.45) is 2.80. The van der Waals surface area contributed by atoms with Crippen LogP contribution in [0.25, 0.3) is 0 Å². The van der Waals surface area contributed by atoms with Crippen LogP contribution in [0.15, 0.2) is 34.9 Å². The fourth-order valence-corrected chi connectivity index (χ4v) is 2.25. The molecular weight excluding hydrogens is 242 g/mol. The highest BCUT2D eigenvalue weighted by molar-refractivity contribution is 5.29. The number of hydrogen-bond donors (Lipinski definition) is 0. The zero-order valence-corrected chi connectivity index (χ0v) is 11.0. The van der Waals surface area contributed by atoms with Gasteiger partial charge in [0.15, 0.2) is 6.61 Å². The van der Waals surface area contributed by atoms with Gasteiger partial charge in [-0.05, 0) is 31.0 Å². The number of aryl methyl sites for hydroxylation is 1. The van der Waals surface area contributed by atoms with Crippen molar-refractivity contribution < 1.29 is 13.9 Å². The van der Waals surface area contributed by atoms with Gasteiger partial charge in [0.1, 0.15) is 11.5 Å². The Morgan fingerprint density at radius 1 is 1.32 bits per heavy atom. The van der Waals surface area contributed by atoms with Gasteiger partial charge in [-0.2, -0.15) is 0 Å². The van der Waals surface area contributed by atoms with Crippen molar-refractivity contribution in [1.29, 1.82) is 0 Å². The van der Waals surface area contributed by atoms with E-state index >= 15 is 0 Å². The lowest BCUT2D eigenvalue weighted by Crippen LogP contribution is -1.98. The Kier molecular flexibility index (Phi) is 3.51. The second-order valence-electron chi connectivity index (χ2n) is 4.78. The Hall–Kier alpha value is -1.81. The summed E-state index contributed by atoms with van der Waals surface area (Å²) >= 11 is 0. The summed E-state index contributed by atoms with van der Waals surface area (Å²) in [5.74, 6) is 2.77. The van der Waals surface area contributed by atoms with Crippen molar-refractivity contribution in [3.63, 3.8) is 0 Å². The van der Waals surface area contributed by atoms with E-state index in [1.165, 1.54) is 5.56 Å². The Morgan fingerprint density at radius 3 is 2.79 bits per heavy atom. The first kappa shape index (κ1) is 12.2. The summed E-state index contributed by atoms with van der Waals surface area (Å²) in [7, 11) is 0. The third kappa shape index (κ3) is 2.96. The lowest BCUT2D eigenvalue weighted by Gasteiger charge is -2.09. The van der Waals surface area contributed by atoms with Crippen molar-refractivity contribution >= 4 is 0 Å². The van der Waals surface area contributed by atoms with Crippen LogP contribution in [0.2, 0.25) is 0 Å². The van der Waals surface area contributed by atoms with E-state index in [0.29, 0.717) is 18.4 Å². The van der Waals surface area contributed by atoms with Crippen molar-refractivity contribution in [3.05, 3.63) is 47.7 Å². The summed E-state index contributed by atoms with van der Waals surface area (Å²) in [5, 5.41) is 0. The van der Waals surface area contributed by atoms with Gasteiger partial charge in [-0.15, -0.1) is 0 Å². The van der Waals surface area contributed by atoms with E-state index in [1.54, 1.807) is 6.20 Å². The molecule has 0 radical (unpaired) electrons. The second kappa shape index (κ2) is 5.45. The summed E-state index contributed by atoms with van der Waals surface area (Å²) in [4.78, 5) is 4.10. The minimum atomic E-state index is 0.361. The Bertz CT molecular complexity index is 527. The summed E-state index contributed by atoms with van der Waals surface area (Å²) < 4.78 is 16.4. The summed E-state index contributed by atoms with van der Waals surface area (Å²) in [6.45, 7) is 3.93. The van der Waals surface area contributed by atoms with E-state index in [4.69, 9.17) is 13.9 Å². The number of nitrogens with zero attached hydrogens (tertiary/aromatic N) is 1. The van der Waals surface area contributed by atoms with Crippen molar-refractivity contribution in [1.82, 2.24) is 4.98 Å². The summed E-state index contributed by atoms with van der Waals surface area (Å²) in [6, 6.07) is 8.19. The maximum absolute atomic E-state index is 5.64. The van der Waals surface area contributed by atoms with Crippen molar-refractivity contribution in [2.24, 2.45) is 0 Å². The van der Waals surface area contributed by atoms with Crippen molar-refractivity contribution in [3.8, 4) is 5.75 Å². The molecule has 3 rings (SSSR count). The van der Waals surface area contributed by atoms with Gasteiger partial charge in [0.2, 0.25) is 5.89 Å². The van der Waals surface area contributed by atoms with Gasteiger partial charge in [-0.25, -0.2) is 4.98 Å². The van der Waals surface area contributed by atoms with E-state index in [0.717, 1.165) is 31.1 Å². The fourth-order valence-electron chi connectivity index (χ4n) is 2.25. The molecule has 0 N–H and O–H groups in total. The van der Waals surface area contributed by atoms with Crippen LogP contribution in [0.5, 0.6) is 5.75 Å². The molecular formula is C15H17NO3. The van der Waals surface area contributed by atoms with Crippen molar-refractivity contribution in [2.45, 2.75) is 25.9 Å². The van der Waals surface area contributed by atoms with Crippen LogP contribution in [0.1, 0.15) is 29.6 Å². The Labute approximate surface area is 112 Å². The van der Waals surface area contributed by atoms with E-state index in [1.807, 2.05) is 19.1 Å². The molecule has 1 fully saturated rings. The molecule has 0 unspecified atom stereocenters. The molecule has 0 saturated carbocycles. The van der Waals surface area contributed by atoms with Gasteiger partial charge in [-0.1, -0.05) is 12.1 Å². The third-order valence-corrected chi connectivity index (χ3v) is 3.31. The van der Waals surface area contributed by atoms with E-state index < -0.39 is 0 Å². The molecule has 0 amide bonds. The topological polar surface area (TPSA) is 44.5 Å². The third-order valence-electron chi connectivity index (χ3n) is 3.31. The highest BCUT2D eigenvalue weighted by Gasteiger charge is 2.17. The van der Waals surface area contributed by atoms with Crippen LogP contribution in [0.4, 0.5) is 0 Å². The van der Waals surface area contributed by atoms with E-state index in [-0.39, 0.29) is 0 Å². The Balaban J connectivity index is 1.59. The van der Waals surface area contributed by atoms with Gasteiger partial charge in [0.05, 0.1) is 12.8 Å². The van der Waals surface area contributed by atoms with Gasteiger partial charge < -0.3 is 13.9 Å². The van der Waals surface area contributed by atoms with Crippen molar-refractivity contribution in [2.75, 3.05) is 13.2 Å². The minimum Gasteiger partial charge on any atom is -0.484 e. The molecule has 1 aromatic carbocycles. The average Bonchev–Trinajstić information content (AvgIpc) is 3.08. The largest absolute Gasteiger partial charge is 0.484 e. The molecule has 0 aliphatic carbocycles. The normalized spacial score (nSPS) is 18.7. The predicted molar refractivity (Wildman–Crippen MR) is 70.2 cm³/mol. The molecule has 0 bridgehead atoms. The van der Waals surface area contributed by atoms with Crippen LogP contribution in [0.3, 0.4) is 0 Å². The first-order valence-electron chi connectivity index (χ1n) is 6.53. The molecule has 1 aliphatic heterocycles. The first-order chi connectivity index (χ1) is 9.31. The monoisotopic (exact) mass is 259 g/mol. The molecule has 4 heteroatoms. The zero-order chi connectivity index (χ0) is 13.1. The molecule has 2 aromatic rings. The molecule has 1 saturated heterocycles. The fraction of sp³-hybridized carbons (Fsp3) is 0.400. The lowest BCUT2D eigenvalue weighted by atomic mass is 9.99. The summed E-state index contributed by atoms with van der Waals surface area (Å²) in [5.41, 5.74) is 1.32. The van der Waals surface area contributed by atoms with Gasteiger partial charge in [0, 0.05) is 12.5 Å². The number of benzene rings is 1. The van der Waals surface area contributed by atoms with Crippen LogP contribution in [0, 0.1) is 6.92 Å². The average molecular weight is 259 g/mol. The quantitative estimate of drug-likeness (QED) is 0.846. The number of aromatic nitrogens is 1. The van der Waals surface area contributed by atoms with Gasteiger partial charge >= 0.3 is 0 Å². The molecule has 4 nitrogen and oxygen atoms in total. The number of oxazole rings is 1. The highest BCUT2D eigenvalue weighted by atomic mass is 16.5. The zero-order valence-electron chi connectivity index (χ0n) is 11.0. The predicted octanol–water partition coefficient (Wildman–Crippen LogP) is 3.07. The SMILES string of the molecule is Cc1cnc(COc2ccc([C@@H]3CCOC3)cc2)o1. The standard InChI is InChI=1S/C15H17NO3/c1-11-8-16-15(19-11)10-18-14-4-2-12(3-5-14)13-6-7-17-9-13/h2-5,8,13H,6-7,9-10H2,1H3/t13-/m1/s1. The van der Waals surface area contributed by atoms with E-state index in [2.05, 4.69) is 17.1 Å². The molecule has 19 heavy (non-hydrogen) atoms. The smallest absolute Gasteiger partial charge is 0.232 e. The molecule has 1 aliphatic rings. The number of rotatable bonds is 4. The number of ether oxygens (including phenoxy) is 2. The molecule has 1 atom stereocenters. The molecule has 1 aromatic heterocycles. The Morgan fingerprint density at radius 2 is 2.16 bits per heavy atom. The van der Waals surface area contributed by atoms with Crippen LogP contribution in [-0.4, -0.2) is 18.2 Å². The van der Waals surface area contributed by atoms with Crippen LogP contribution >= 0.6 is 0 Å². The molecule has 0 spiro atoms. The lowest BCUT2D eigenvalue weighted by molar-refractivity contribution is 0.194.